The van der Waals surface area contributed by atoms with Crippen LogP contribution in [0.3, 0.4) is 0 Å². The second-order valence-corrected chi connectivity index (χ2v) is 15.4. The summed E-state index contributed by atoms with van der Waals surface area (Å²) in [6, 6.07) is 2.11. The normalized spacial score (nSPS) is 36.5. The molecule has 0 aromatic heterocycles. The molecule has 2 saturated heterocycles. The molecule has 25 heavy (non-hydrogen) atoms. The van der Waals surface area contributed by atoms with E-state index < -0.39 is 17.1 Å². The van der Waals surface area contributed by atoms with Crippen molar-refractivity contribution in [3.63, 3.8) is 0 Å². The maximum absolute atomic E-state index is 6.27. The molecule has 0 aromatic carbocycles. The molecule has 0 aliphatic carbocycles. The predicted molar refractivity (Wildman–Crippen MR) is 105 cm³/mol. The monoisotopic (exact) mass is 390 g/mol. The second-order valence-electron chi connectivity index (χ2n) is 8.74. The minimum absolute atomic E-state index is 0.0951. The molecular formula is C17H38N2O4Si2. The second kappa shape index (κ2) is 8.92. The highest BCUT2D eigenvalue weighted by atomic mass is 28.4. The fourth-order valence-electron chi connectivity index (χ4n) is 3.28. The quantitative estimate of drug-likeness (QED) is 0.592. The van der Waals surface area contributed by atoms with E-state index in [2.05, 4.69) is 51.1 Å². The molecular weight excluding hydrogens is 352 g/mol. The van der Waals surface area contributed by atoms with E-state index in [1.807, 2.05) is 0 Å². The molecule has 2 rings (SSSR count). The van der Waals surface area contributed by atoms with E-state index in [1.165, 1.54) is 0 Å². The Kier molecular flexibility index (Phi) is 7.67. The van der Waals surface area contributed by atoms with Crippen molar-refractivity contribution in [3.05, 3.63) is 0 Å². The maximum atomic E-state index is 6.27. The van der Waals surface area contributed by atoms with Crippen molar-refractivity contribution in [2.45, 2.75) is 38.0 Å². The minimum Gasteiger partial charge on any atom is -0.393 e. The van der Waals surface area contributed by atoms with Crippen molar-refractivity contribution in [1.29, 1.82) is 0 Å². The molecule has 0 saturated carbocycles. The SMILES string of the molecule is CN(C)CCC[Si]1(C)OCC2(CO1)CO[Si](C)(CCCN(C)C)OC2. The van der Waals surface area contributed by atoms with E-state index in [9.17, 15) is 0 Å². The molecule has 2 heterocycles. The Morgan fingerprint density at radius 3 is 1.28 bits per heavy atom. The van der Waals surface area contributed by atoms with E-state index in [0.29, 0.717) is 0 Å². The largest absolute Gasteiger partial charge is 0.393 e. The summed E-state index contributed by atoms with van der Waals surface area (Å²) in [6.07, 6.45) is 2.26. The lowest BCUT2D eigenvalue weighted by Gasteiger charge is -2.48. The van der Waals surface area contributed by atoms with Crippen LogP contribution >= 0.6 is 0 Å². The maximum Gasteiger partial charge on any atom is 0.335 e. The van der Waals surface area contributed by atoms with Gasteiger partial charge in [0.15, 0.2) is 0 Å². The topological polar surface area (TPSA) is 43.4 Å². The fraction of sp³-hybridized carbons (Fsp3) is 1.00. The van der Waals surface area contributed by atoms with E-state index >= 15 is 0 Å². The predicted octanol–water partition coefficient (Wildman–Crippen LogP) is 2.11. The molecule has 0 atom stereocenters. The Balaban J connectivity index is 1.75. The van der Waals surface area contributed by atoms with Crippen LogP contribution in [0.4, 0.5) is 0 Å². The molecule has 0 N–H and O–H groups in total. The zero-order valence-electron chi connectivity index (χ0n) is 17.1. The lowest BCUT2D eigenvalue weighted by Crippen LogP contribution is -2.60. The lowest BCUT2D eigenvalue weighted by molar-refractivity contribution is -0.0961. The standard InChI is InChI=1S/C17H38N2O4Si2/c1-18(2)9-7-11-24(5)20-13-17(14-21-24)15-22-25(6,23-16-17)12-8-10-19(3)4/h7-16H2,1-6H3. The number of nitrogens with zero attached hydrogens (tertiary/aromatic N) is 2. The van der Waals surface area contributed by atoms with Crippen molar-refractivity contribution in [2.75, 3.05) is 67.7 Å². The zero-order chi connectivity index (χ0) is 18.6. The fourth-order valence-corrected chi connectivity index (χ4v) is 8.07. The molecule has 148 valence electrons. The Labute approximate surface area is 156 Å². The first-order chi connectivity index (χ1) is 11.7. The third-order valence-electron chi connectivity index (χ3n) is 5.21. The van der Waals surface area contributed by atoms with Crippen LogP contribution in [-0.2, 0) is 17.7 Å². The average molecular weight is 391 g/mol. The van der Waals surface area contributed by atoms with Gasteiger partial charge in [0.25, 0.3) is 0 Å². The molecule has 8 heteroatoms. The molecule has 2 aliphatic rings. The van der Waals surface area contributed by atoms with Gasteiger partial charge >= 0.3 is 17.1 Å². The van der Waals surface area contributed by atoms with Gasteiger partial charge < -0.3 is 27.5 Å². The third kappa shape index (κ3) is 6.69. The van der Waals surface area contributed by atoms with Crippen molar-refractivity contribution >= 4 is 17.1 Å². The van der Waals surface area contributed by atoms with Gasteiger partial charge in [0.2, 0.25) is 0 Å². The van der Waals surface area contributed by atoms with Crippen molar-refractivity contribution in [2.24, 2.45) is 5.41 Å². The van der Waals surface area contributed by atoms with Crippen LogP contribution in [0.1, 0.15) is 12.8 Å². The summed E-state index contributed by atoms with van der Waals surface area (Å²) in [6.45, 7) is 9.45. The van der Waals surface area contributed by atoms with Crippen LogP contribution in [0.5, 0.6) is 0 Å². The van der Waals surface area contributed by atoms with Gasteiger partial charge in [0.1, 0.15) is 0 Å². The van der Waals surface area contributed by atoms with Crippen LogP contribution < -0.4 is 0 Å². The highest BCUT2D eigenvalue weighted by molar-refractivity contribution is 6.66. The zero-order valence-corrected chi connectivity index (χ0v) is 19.1. The Morgan fingerprint density at radius 1 is 0.680 bits per heavy atom. The molecule has 0 unspecified atom stereocenters. The summed E-state index contributed by atoms with van der Waals surface area (Å²) in [5.74, 6) is 0. The van der Waals surface area contributed by atoms with Gasteiger partial charge in [-0.25, -0.2) is 0 Å². The smallest absolute Gasteiger partial charge is 0.335 e. The third-order valence-corrected chi connectivity index (χ3v) is 10.8. The Morgan fingerprint density at radius 2 is 1.00 bits per heavy atom. The first kappa shape index (κ1) is 21.5. The van der Waals surface area contributed by atoms with Gasteiger partial charge in [-0.1, -0.05) is 0 Å². The molecule has 0 amide bonds. The first-order valence-corrected chi connectivity index (χ1v) is 14.6. The molecule has 2 fully saturated rings. The van der Waals surface area contributed by atoms with Crippen LogP contribution in [0, 0.1) is 5.41 Å². The van der Waals surface area contributed by atoms with Crippen LogP contribution in [-0.4, -0.2) is 94.6 Å². The molecule has 2 aliphatic heterocycles. The van der Waals surface area contributed by atoms with Crippen LogP contribution in [0.15, 0.2) is 0 Å². The van der Waals surface area contributed by atoms with Crippen LogP contribution in [0.2, 0.25) is 25.2 Å². The minimum atomic E-state index is -2.01. The van der Waals surface area contributed by atoms with E-state index in [-0.39, 0.29) is 5.41 Å². The summed E-state index contributed by atoms with van der Waals surface area (Å²) in [7, 11) is 4.41. The van der Waals surface area contributed by atoms with E-state index in [1.54, 1.807) is 0 Å². The Bertz CT molecular complexity index is 366. The van der Waals surface area contributed by atoms with Gasteiger partial charge in [-0.05, 0) is 79.3 Å². The highest BCUT2D eigenvalue weighted by Gasteiger charge is 2.50. The first-order valence-electron chi connectivity index (χ1n) is 9.51. The summed E-state index contributed by atoms with van der Waals surface area (Å²) in [5, 5.41) is 0. The van der Waals surface area contributed by atoms with Crippen molar-refractivity contribution in [3.8, 4) is 0 Å². The van der Waals surface area contributed by atoms with Gasteiger partial charge in [0, 0.05) is 26.4 Å². The molecule has 0 aromatic rings. The van der Waals surface area contributed by atoms with Gasteiger partial charge in [-0.2, -0.15) is 0 Å². The highest BCUT2D eigenvalue weighted by Crippen LogP contribution is 2.36. The van der Waals surface area contributed by atoms with Crippen molar-refractivity contribution in [1.82, 2.24) is 9.80 Å². The molecule has 0 radical (unpaired) electrons. The summed E-state index contributed by atoms with van der Waals surface area (Å²) < 4.78 is 25.1. The molecule has 0 bridgehead atoms. The number of hydrogen-bond donors (Lipinski definition) is 0. The van der Waals surface area contributed by atoms with E-state index in [4.69, 9.17) is 17.7 Å². The van der Waals surface area contributed by atoms with Crippen LogP contribution in [0.25, 0.3) is 0 Å². The van der Waals surface area contributed by atoms with Gasteiger partial charge in [-0.3, -0.25) is 0 Å². The molecule has 6 nitrogen and oxygen atoms in total. The number of hydrogen-bond acceptors (Lipinski definition) is 6. The lowest BCUT2D eigenvalue weighted by atomic mass is 9.93. The van der Waals surface area contributed by atoms with Gasteiger partial charge in [-0.15, -0.1) is 0 Å². The summed E-state index contributed by atoms with van der Waals surface area (Å²) in [4.78, 5) is 4.43. The average Bonchev–Trinajstić information content (AvgIpc) is 2.53. The van der Waals surface area contributed by atoms with Crippen molar-refractivity contribution < 1.29 is 17.7 Å². The summed E-state index contributed by atoms with van der Waals surface area (Å²) >= 11 is 0. The van der Waals surface area contributed by atoms with Gasteiger partial charge in [0.05, 0.1) is 5.41 Å². The summed E-state index contributed by atoms with van der Waals surface area (Å²) in [5.41, 5.74) is -0.0951. The molecule has 1 spiro atoms. The number of rotatable bonds is 8. The Hall–Kier alpha value is 0.194. The van der Waals surface area contributed by atoms with E-state index in [0.717, 1.165) is 64.4 Å².